The predicted octanol–water partition coefficient (Wildman–Crippen LogP) is 2.58. The number of nitrogens with zero attached hydrogens (tertiary/aromatic N) is 1. The molecule has 108 valence electrons. The lowest BCUT2D eigenvalue weighted by molar-refractivity contribution is 0.597. The van der Waals surface area contributed by atoms with E-state index in [0.717, 1.165) is 10.7 Å². The normalized spacial score (nSPS) is 13.2. The van der Waals surface area contributed by atoms with Crippen LogP contribution < -0.4 is 10.5 Å². The topological polar surface area (TPSA) is 85.1 Å². The van der Waals surface area contributed by atoms with Gasteiger partial charge in [-0.3, -0.25) is 0 Å². The van der Waals surface area contributed by atoms with E-state index in [-0.39, 0.29) is 10.9 Å². The van der Waals surface area contributed by atoms with Gasteiger partial charge >= 0.3 is 0 Å². The minimum absolute atomic E-state index is 0.00372. The monoisotopic (exact) mass is 311 g/mol. The van der Waals surface area contributed by atoms with E-state index in [0.29, 0.717) is 11.3 Å². The Morgan fingerprint density at radius 3 is 2.60 bits per heavy atom. The van der Waals surface area contributed by atoms with Crippen molar-refractivity contribution in [3.8, 4) is 0 Å². The van der Waals surface area contributed by atoms with Crippen LogP contribution in [0, 0.1) is 13.8 Å². The quantitative estimate of drug-likeness (QED) is 0.909. The van der Waals surface area contributed by atoms with Gasteiger partial charge in [0.1, 0.15) is 0 Å². The van der Waals surface area contributed by atoms with E-state index in [2.05, 4.69) is 10.3 Å². The first-order valence-electron chi connectivity index (χ1n) is 6.09. The Balaban J connectivity index is 2.26. The number of sulfonamides is 1. The van der Waals surface area contributed by atoms with Gasteiger partial charge in [0.05, 0.1) is 21.6 Å². The van der Waals surface area contributed by atoms with Crippen LogP contribution in [0.1, 0.15) is 29.2 Å². The van der Waals surface area contributed by atoms with Gasteiger partial charge < -0.3 is 5.32 Å². The molecule has 0 spiro atoms. The van der Waals surface area contributed by atoms with Gasteiger partial charge in [-0.2, -0.15) is 0 Å². The summed E-state index contributed by atoms with van der Waals surface area (Å²) in [5, 5.41) is 11.4. The van der Waals surface area contributed by atoms with Gasteiger partial charge in [0.2, 0.25) is 10.0 Å². The number of nitrogens with two attached hydrogens (primary N) is 1. The summed E-state index contributed by atoms with van der Waals surface area (Å²) >= 11 is 1.59. The standard InChI is InChI=1S/C13H17N3O2S2/c1-8-4-5-11(6-13(8)20(14,17)18)15-9(2)12-7-19-10(3)16-12/h4-7,9,15H,1-3H3,(H2,14,17,18). The zero-order valence-corrected chi connectivity index (χ0v) is 13.2. The number of thiazole rings is 1. The molecule has 1 aromatic heterocycles. The molecule has 0 radical (unpaired) electrons. The number of primary sulfonamides is 1. The SMILES string of the molecule is Cc1nc(C(C)Nc2ccc(C)c(S(N)(=O)=O)c2)cs1. The van der Waals surface area contributed by atoms with Crippen molar-refractivity contribution in [2.45, 2.75) is 31.7 Å². The maximum absolute atomic E-state index is 11.5. The van der Waals surface area contributed by atoms with Gasteiger partial charge in [0.25, 0.3) is 0 Å². The maximum atomic E-state index is 11.5. The van der Waals surface area contributed by atoms with Crippen LogP contribution in [0.2, 0.25) is 0 Å². The number of hydrogen-bond acceptors (Lipinski definition) is 5. The van der Waals surface area contributed by atoms with Crippen molar-refractivity contribution in [3.63, 3.8) is 0 Å². The Labute approximate surface area is 122 Å². The highest BCUT2D eigenvalue weighted by atomic mass is 32.2. The molecule has 20 heavy (non-hydrogen) atoms. The van der Waals surface area contributed by atoms with Gasteiger partial charge in [0.15, 0.2) is 0 Å². The van der Waals surface area contributed by atoms with E-state index >= 15 is 0 Å². The second-order valence-electron chi connectivity index (χ2n) is 4.68. The molecule has 1 aromatic carbocycles. The average Bonchev–Trinajstić information content (AvgIpc) is 2.77. The molecule has 0 fully saturated rings. The Bertz CT molecular complexity index is 723. The van der Waals surface area contributed by atoms with Crippen molar-refractivity contribution < 1.29 is 8.42 Å². The molecule has 0 amide bonds. The van der Waals surface area contributed by atoms with E-state index < -0.39 is 10.0 Å². The zero-order valence-electron chi connectivity index (χ0n) is 11.5. The zero-order chi connectivity index (χ0) is 14.9. The molecule has 2 aromatic rings. The molecule has 1 unspecified atom stereocenters. The summed E-state index contributed by atoms with van der Waals surface area (Å²) < 4.78 is 23.0. The van der Waals surface area contributed by atoms with Crippen molar-refractivity contribution in [3.05, 3.63) is 39.8 Å². The number of aryl methyl sites for hydroxylation is 2. The number of benzene rings is 1. The molecule has 0 saturated carbocycles. The molecule has 2 rings (SSSR count). The molecular formula is C13H17N3O2S2. The van der Waals surface area contributed by atoms with Crippen LogP contribution >= 0.6 is 11.3 Å². The summed E-state index contributed by atoms with van der Waals surface area (Å²) in [6.45, 7) is 5.65. The lowest BCUT2D eigenvalue weighted by Gasteiger charge is -2.14. The third-order valence-corrected chi connectivity index (χ3v) is 4.80. The Morgan fingerprint density at radius 1 is 1.35 bits per heavy atom. The molecule has 0 bridgehead atoms. The van der Waals surface area contributed by atoms with Crippen molar-refractivity contribution in [1.29, 1.82) is 0 Å². The summed E-state index contributed by atoms with van der Waals surface area (Å²) in [7, 11) is -3.71. The van der Waals surface area contributed by atoms with Crippen molar-refractivity contribution in [2.75, 3.05) is 5.32 Å². The Morgan fingerprint density at radius 2 is 2.05 bits per heavy atom. The Hall–Kier alpha value is -1.44. The van der Waals surface area contributed by atoms with Gasteiger partial charge in [-0.05, 0) is 38.5 Å². The van der Waals surface area contributed by atoms with Gasteiger partial charge in [0, 0.05) is 11.1 Å². The van der Waals surface area contributed by atoms with Crippen LogP contribution in [-0.2, 0) is 10.0 Å². The lowest BCUT2D eigenvalue weighted by atomic mass is 10.2. The molecule has 1 atom stereocenters. The van der Waals surface area contributed by atoms with Crippen LogP contribution in [-0.4, -0.2) is 13.4 Å². The van der Waals surface area contributed by atoms with Crippen LogP contribution in [0.4, 0.5) is 5.69 Å². The molecule has 5 nitrogen and oxygen atoms in total. The number of nitrogens with one attached hydrogen (secondary N) is 1. The fraction of sp³-hybridized carbons (Fsp3) is 0.308. The van der Waals surface area contributed by atoms with E-state index in [1.165, 1.54) is 0 Å². The molecule has 7 heteroatoms. The summed E-state index contributed by atoms with van der Waals surface area (Å²) in [4.78, 5) is 4.55. The number of rotatable bonds is 4. The van der Waals surface area contributed by atoms with Gasteiger partial charge in [-0.1, -0.05) is 6.07 Å². The molecule has 0 aliphatic heterocycles. The minimum Gasteiger partial charge on any atom is -0.377 e. The predicted molar refractivity (Wildman–Crippen MR) is 81.4 cm³/mol. The second kappa shape index (κ2) is 5.51. The minimum atomic E-state index is -3.71. The lowest BCUT2D eigenvalue weighted by Crippen LogP contribution is -2.14. The highest BCUT2D eigenvalue weighted by Gasteiger charge is 2.14. The second-order valence-corrected chi connectivity index (χ2v) is 7.27. The number of aromatic nitrogens is 1. The third-order valence-electron chi connectivity index (χ3n) is 2.96. The van der Waals surface area contributed by atoms with Crippen molar-refractivity contribution >= 4 is 27.0 Å². The first kappa shape index (κ1) is 15.0. The molecule has 0 aliphatic carbocycles. The highest BCUT2D eigenvalue weighted by molar-refractivity contribution is 7.89. The number of anilines is 1. The summed E-state index contributed by atoms with van der Waals surface area (Å²) in [5.41, 5.74) is 2.28. The van der Waals surface area contributed by atoms with Gasteiger partial charge in [-0.15, -0.1) is 11.3 Å². The maximum Gasteiger partial charge on any atom is 0.238 e. The van der Waals surface area contributed by atoms with E-state index in [1.807, 2.05) is 25.3 Å². The van der Waals surface area contributed by atoms with Gasteiger partial charge in [-0.25, -0.2) is 18.5 Å². The first-order chi connectivity index (χ1) is 9.27. The van der Waals surface area contributed by atoms with Crippen molar-refractivity contribution in [1.82, 2.24) is 4.98 Å². The molecule has 1 heterocycles. The summed E-state index contributed by atoms with van der Waals surface area (Å²) in [6.07, 6.45) is 0. The van der Waals surface area contributed by atoms with Crippen molar-refractivity contribution in [2.24, 2.45) is 5.14 Å². The van der Waals surface area contributed by atoms with E-state index in [1.54, 1.807) is 30.4 Å². The smallest absolute Gasteiger partial charge is 0.238 e. The first-order valence-corrected chi connectivity index (χ1v) is 8.52. The third kappa shape index (κ3) is 3.36. The fourth-order valence-corrected chi connectivity index (χ4v) is 3.41. The largest absolute Gasteiger partial charge is 0.377 e. The average molecular weight is 311 g/mol. The molecule has 0 aliphatic rings. The van der Waals surface area contributed by atoms with Crippen LogP contribution in [0.25, 0.3) is 0 Å². The summed E-state index contributed by atoms with van der Waals surface area (Å²) in [5.74, 6) is 0. The molecular weight excluding hydrogens is 294 g/mol. The van der Waals surface area contributed by atoms with E-state index in [4.69, 9.17) is 5.14 Å². The highest BCUT2D eigenvalue weighted by Crippen LogP contribution is 2.24. The molecule has 3 N–H and O–H groups in total. The van der Waals surface area contributed by atoms with E-state index in [9.17, 15) is 8.42 Å². The van der Waals surface area contributed by atoms with Crippen LogP contribution in [0.15, 0.2) is 28.5 Å². The molecule has 0 saturated heterocycles. The van der Waals surface area contributed by atoms with Crippen LogP contribution in [0.5, 0.6) is 0 Å². The Kier molecular flexibility index (Phi) is 4.12. The number of hydrogen-bond donors (Lipinski definition) is 2. The van der Waals surface area contributed by atoms with Crippen LogP contribution in [0.3, 0.4) is 0 Å². The summed E-state index contributed by atoms with van der Waals surface area (Å²) in [6, 6.07) is 5.12. The fourth-order valence-electron chi connectivity index (χ4n) is 1.90.